The molecular weight excluding hydrogens is 470 g/mol. The van der Waals surface area contributed by atoms with E-state index >= 15 is 0 Å². The van der Waals surface area contributed by atoms with Gasteiger partial charge < -0.3 is 17.2 Å². The van der Waals surface area contributed by atoms with Gasteiger partial charge in [-0.3, -0.25) is 19.6 Å². The molecule has 6 N–H and O–H groups in total. The van der Waals surface area contributed by atoms with Crippen molar-refractivity contribution in [2.45, 2.75) is 143 Å². The second kappa shape index (κ2) is 19.0. The van der Waals surface area contributed by atoms with Gasteiger partial charge in [0.25, 0.3) is 0 Å². The second-order valence-electron chi connectivity index (χ2n) is 13.3. The summed E-state index contributed by atoms with van der Waals surface area (Å²) in [5, 5.41) is 0. The van der Waals surface area contributed by atoms with E-state index in [-0.39, 0.29) is 0 Å². The zero-order valence-corrected chi connectivity index (χ0v) is 27.0. The van der Waals surface area contributed by atoms with Crippen molar-refractivity contribution in [2.24, 2.45) is 23.1 Å². The lowest BCUT2D eigenvalue weighted by molar-refractivity contribution is 0.0300. The van der Waals surface area contributed by atoms with E-state index in [4.69, 9.17) is 17.2 Å². The molecule has 7 nitrogen and oxygen atoms in total. The van der Waals surface area contributed by atoms with Crippen LogP contribution in [-0.2, 0) is 0 Å². The number of nitrogens with zero attached hydrogens (tertiary/aromatic N) is 4. The maximum absolute atomic E-state index is 6.22. The van der Waals surface area contributed by atoms with Gasteiger partial charge in [0.1, 0.15) is 0 Å². The van der Waals surface area contributed by atoms with Crippen molar-refractivity contribution >= 4 is 0 Å². The van der Waals surface area contributed by atoms with Gasteiger partial charge in [-0.25, -0.2) is 0 Å². The molecule has 8 atom stereocenters. The average molecular weight is 540 g/mol. The Morgan fingerprint density at radius 3 is 1.32 bits per heavy atom. The first-order chi connectivity index (χ1) is 17.9. The van der Waals surface area contributed by atoms with Crippen molar-refractivity contribution in [3.05, 3.63) is 0 Å². The van der Waals surface area contributed by atoms with Gasteiger partial charge in [0.2, 0.25) is 0 Å². The van der Waals surface area contributed by atoms with Crippen LogP contribution in [0.1, 0.15) is 101 Å². The summed E-state index contributed by atoms with van der Waals surface area (Å²) in [7, 11) is 0. The summed E-state index contributed by atoms with van der Waals surface area (Å²) in [5.41, 5.74) is 17.9. The first kappa shape index (κ1) is 35.7. The third-order valence-electron chi connectivity index (χ3n) is 8.69. The van der Waals surface area contributed by atoms with Gasteiger partial charge in [0.15, 0.2) is 0 Å². The molecule has 2 fully saturated rings. The molecule has 2 aliphatic heterocycles. The Balaban J connectivity index is 0.000000382. The maximum Gasteiger partial charge on any atom is 0.0196 e. The zero-order valence-electron chi connectivity index (χ0n) is 27.0. The summed E-state index contributed by atoms with van der Waals surface area (Å²) in [5.74, 6) is 0.823. The third kappa shape index (κ3) is 13.9. The Morgan fingerprint density at radius 1 is 0.553 bits per heavy atom. The van der Waals surface area contributed by atoms with Crippen molar-refractivity contribution in [3.8, 4) is 0 Å². The Hall–Kier alpha value is -0.280. The van der Waals surface area contributed by atoms with Crippen LogP contribution in [0.3, 0.4) is 0 Å². The minimum atomic E-state index is 0.309. The molecule has 228 valence electrons. The first-order valence-corrected chi connectivity index (χ1v) is 16.1. The zero-order chi connectivity index (χ0) is 28.8. The molecule has 0 radical (unpaired) electrons. The summed E-state index contributed by atoms with van der Waals surface area (Å²) in [6.45, 7) is 29.8. The summed E-state index contributed by atoms with van der Waals surface area (Å²) >= 11 is 0. The van der Waals surface area contributed by atoms with Crippen molar-refractivity contribution in [1.82, 2.24) is 19.6 Å². The molecule has 8 unspecified atom stereocenters. The van der Waals surface area contributed by atoms with E-state index in [0.29, 0.717) is 42.3 Å². The van der Waals surface area contributed by atoms with Gasteiger partial charge in [-0.05, 0) is 86.2 Å². The minimum Gasteiger partial charge on any atom is -0.328 e. The van der Waals surface area contributed by atoms with Crippen LogP contribution < -0.4 is 17.2 Å². The Labute approximate surface area is 238 Å². The van der Waals surface area contributed by atoms with Gasteiger partial charge in [-0.2, -0.15) is 0 Å². The van der Waals surface area contributed by atoms with Crippen LogP contribution >= 0.6 is 0 Å². The Kier molecular flexibility index (Phi) is 17.8. The molecule has 0 spiro atoms. The van der Waals surface area contributed by atoms with Crippen LogP contribution in [-0.4, -0.2) is 114 Å². The van der Waals surface area contributed by atoms with Gasteiger partial charge in [-0.1, -0.05) is 33.6 Å². The highest BCUT2D eigenvalue weighted by Gasteiger charge is 2.30. The molecule has 0 amide bonds. The van der Waals surface area contributed by atoms with Gasteiger partial charge in [-0.15, -0.1) is 0 Å². The number of hydrogen-bond donors (Lipinski definition) is 3. The lowest BCUT2D eigenvalue weighted by Gasteiger charge is -2.45. The summed E-state index contributed by atoms with van der Waals surface area (Å²) in [6, 6.07) is 3.54. The number of piperazine rings is 2. The van der Waals surface area contributed by atoms with E-state index in [2.05, 4.69) is 81.9 Å². The molecule has 0 aliphatic carbocycles. The summed E-state index contributed by atoms with van der Waals surface area (Å²) < 4.78 is 0. The second-order valence-corrected chi connectivity index (χ2v) is 13.3. The van der Waals surface area contributed by atoms with Crippen LogP contribution in [0.25, 0.3) is 0 Å². The highest BCUT2D eigenvalue weighted by molar-refractivity contribution is 4.87. The average Bonchev–Trinajstić information content (AvgIpc) is 2.82. The normalized spacial score (nSPS) is 29.4. The Morgan fingerprint density at radius 2 is 0.921 bits per heavy atom. The molecular formula is C31H69N7. The van der Waals surface area contributed by atoms with Crippen LogP contribution in [0.5, 0.6) is 0 Å². The highest BCUT2D eigenvalue weighted by atomic mass is 15.3. The van der Waals surface area contributed by atoms with Gasteiger partial charge in [0.05, 0.1) is 0 Å². The number of rotatable bonds is 14. The maximum atomic E-state index is 6.22. The summed E-state index contributed by atoms with van der Waals surface area (Å²) in [6.07, 6.45) is 7.18. The molecule has 0 saturated carbocycles. The number of nitrogens with two attached hydrogens (primary N) is 3. The quantitative estimate of drug-likeness (QED) is 0.309. The molecule has 2 rings (SSSR count). The SMILES string of the molecule is CC(N)CCN1CC(C)N(CCC(C)N)CC1C.CCCC(C)CN1CC(C)N(CC(N)CCC)CC1C. The van der Waals surface area contributed by atoms with Gasteiger partial charge in [0, 0.05) is 81.6 Å². The molecule has 0 aromatic carbocycles. The molecule has 7 heteroatoms. The fourth-order valence-corrected chi connectivity index (χ4v) is 6.16. The first-order valence-electron chi connectivity index (χ1n) is 16.1. The standard InChI is InChI=1S/C17H37N3.C14H32N4/c1-6-8-14(3)10-19-11-16(5)20(12-15(19)4)13-17(18)9-7-2;1-11(15)5-7-17-9-14(4)18(10-13(17)3)8-6-12(2)16/h14-17H,6-13,18H2,1-5H3;11-14H,5-10,15-16H2,1-4H3. The topological polar surface area (TPSA) is 91.0 Å². The predicted octanol–water partition coefficient (Wildman–Crippen LogP) is 3.80. The smallest absolute Gasteiger partial charge is 0.0196 e. The van der Waals surface area contributed by atoms with Crippen molar-refractivity contribution in [2.75, 3.05) is 52.4 Å². The molecule has 0 bridgehead atoms. The number of hydrogen-bond acceptors (Lipinski definition) is 7. The van der Waals surface area contributed by atoms with Crippen molar-refractivity contribution < 1.29 is 0 Å². The monoisotopic (exact) mass is 540 g/mol. The third-order valence-corrected chi connectivity index (χ3v) is 8.69. The molecule has 38 heavy (non-hydrogen) atoms. The highest BCUT2D eigenvalue weighted by Crippen LogP contribution is 2.19. The summed E-state index contributed by atoms with van der Waals surface area (Å²) in [4.78, 5) is 10.5. The van der Waals surface area contributed by atoms with E-state index in [9.17, 15) is 0 Å². The van der Waals surface area contributed by atoms with E-state index in [1.54, 1.807) is 0 Å². The lowest BCUT2D eigenvalue weighted by atomic mass is 10.0. The van der Waals surface area contributed by atoms with Crippen molar-refractivity contribution in [1.29, 1.82) is 0 Å². The molecule has 0 aromatic rings. The minimum absolute atomic E-state index is 0.309. The van der Waals surface area contributed by atoms with Crippen LogP contribution in [0.15, 0.2) is 0 Å². The van der Waals surface area contributed by atoms with E-state index < -0.39 is 0 Å². The lowest BCUT2D eigenvalue weighted by Crippen LogP contribution is -2.58. The van der Waals surface area contributed by atoms with Crippen LogP contribution in [0, 0.1) is 5.92 Å². The molecule has 2 heterocycles. The van der Waals surface area contributed by atoms with E-state index in [1.165, 1.54) is 38.9 Å². The van der Waals surface area contributed by atoms with E-state index in [1.807, 2.05) is 0 Å². The molecule has 2 saturated heterocycles. The van der Waals surface area contributed by atoms with Crippen LogP contribution in [0.4, 0.5) is 0 Å². The van der Waals surface area contributed by atoms with Crippen molar-refractivity contribution in [3.63, 3.8) is 0 Å². The van der Waals surface area contributed by atoms with Crippen LogP contribution in [0.2, 0.25) is 0 Å². The fraction of sp³-hybridized carbons (Fsp3) is 1.00. The molecule has 2 aliphatic rings. The molecule has 0 aromatic heterocycles. The largest absolute Gasteiger partial charge is 0.328 e. The predicted molar refractivity (Wildman–Crippen MR) is 168 cm³/mol. The van der Waals surface area contributed by atoms with Gasteiger partial charge >= 0.3 is 0 Å². The van der Waals surface area contributed by atoms with E-state index in [0.717, 1.165) is 57.9 Å². The Bertz CT molecular complexity index is 537. The fourth-order valence-electron chi connectivity index (χ4n) is 6.16.